The molecule has 0 bridgehead atoms. The normalized spacial score (nSPS) is 23.2. The van der Waals surface area contributed by atoms with Crippen molar-refractivity contribution in [2.24, 2.45) is 0 Å². The molecule has 16 nitrogen and oxygen atoms in total. The van der Waals surface area contributed by atoms with Gasteiger partial charge in [0.05, 0.1) is 0 Å². The predicted molar refractivity (Wildman–Crippen MR) is 55.7 cm³/mol. The van der Waals surface area contributed by atoms with Crippen molar-refractivity contribution >= 4 is 39.1 Å². The molecule has 0 amide bonds. The van der Waals surface area contributed by atoms with E-state index < -0.39 is 39.1 Å². The van der Waals surface area contributed by atoms with Crippen LogP contribution in [0.15, 0.2) is 0 Å². The van der Waals surface area contributed by atoms with E-state index in [4.69, 9.17) is 29.4 Å². The zero-order valence-electron chi connectivity index (χ0n) is 10.0. The van der Waals surface area contributed by atoms with Crippen LogP contribution in [-0.2, 0) is 40.1 Å². The maximum absolute atomic E-state index is 11.0. The van der Waals surface area contributed by atoms with Gasteiger partial charge in [-0.15, -0.1) is 0 Å². The first-order valence-corrected chi connectivity index (χ1v) is 11.3. The third kappa shape index (κ3) is 14.7. The minimum Gasteiger partial charge on any atom is -0.756 e. The van der Waals surface area contributed by atoms with Gasteiger partial charge in [0.15, 0.2) is 0 Å². The van der Waals surface area contributed by atoms with E-state index in [0.29, 0.717) is 0 Å². The number of hydrogen-bond acceptors (Lipinski definition) is 10. The summed E-state index contributed by atoms with van der Waals surface area (Å²) < 4.78 is 65.2. The Kier molecular flexibility index (Phi) is 10.7. The van der Waals surface area contributed by atoms with E-state index in [9.17, 15) is 27.7 Å². The molecule has 0 saturated heterocycles. The smallest absolute Gasteiger partial charge is 0.756 e. The topological polar surface area (TPSA) is 267 Å². The zero-order chi connectivity index (χ0) is 17.3. The molecule has 22 heavy (non-hydrogen) atoms. The first kappa shape index (κ1) is 26.6. The van der Waals surface area contributed by atoms with E-state index in [1.165, 1.54) is 0 Å². The van der Waals surface area contributed by atoms with Gasteiger partial charge < -0.3 is 34.3 Å². The van der Waals surface area contributed by atoms with Crippen LogP contribution in [0.3, 0.4) is 0 Å². The summed E-state index contributed by atoms with van der Waals surface area (Å²) in [5.41, 5.74) is 0. The molecule has 4 atom stereocenters. The maximum atomic E-state index is 11.0. The van der Waals surface area contributed by atoms with Crippen molar-refractivity contribution in [3.63, 3.8) is 0 Å². The van der Waals surface area contributed by atoms with Crippen LogP contribution in [0, 0.1) is 0 Å². The summed E-state index contributed by atoms with van der Waals surface area (Å²) in [6.07, 6.45) is 0. The molecule has 4 unspecified atom stereocenters. The summed E-state index contributed by atoms with van der Waals surface area (Å²) in [6, 6.07) is 0. The van der Waals surface area contributed by atoms with Gasteiger partial charge in [-0.3, -0.25) is 4.57 Å². The van der Waals surface area contributed by atoms with Crippen LogP contribution in [-0.4, -0.2) is 29.4 Å². The van der Waals surface area contributed by atoms with Gasteiger partial charge >= 0.3 is 82.7 Å². The summed E-state index contributed by atoms with van der Waals surface area (Å²) in [6.45, 7) is 0. The summed E-state index contributed by atoms with van der Waals surface area (Å²) in [4.78, 5) is 60.5. The van der Waals surface area contributed by atoms with Crippen LogP contribution < -0.4 is 56.3 Å². The summed E-state index contributed by atoms with van der Waals surface area (Å²) in [7, 11) is -29.7. The fourth-order valence-electron chi connectivity index (χ4n) is 0.570. The van der Waals surface area contributed by atoms with Gasteiger partial charge in [-0.1, -0.05) is 0 Å². The van der Waals surface area contributed by atoms with E-state index in [2.05, 4.69) is 17.2 Å². The Labute approximate surface area is 163 Å². The summed E-state index contributed by atoms with van der Waals surface area (Å²) >= 11 is 0. The van der Waals surface area contributed by atoms with Gasteiger partial charge in [0.25, 0.3) is 7.82 Å². The Bertz CT molecular complexity index is 552. The SMILES string of the molecule is O=P([O-])(O)OP(=O)(O)OP(=O)(O)OP(=O)(O)OP(=O)(O)O.[K+]. The maximum Gasteiger partial charge on any atom is 1.00 e. The average Bonchev–Trinajstić information content (AvgIpc) is 1.83. The van der Waals surface area contributed by atoms with Crippen LogP contribution in [0.4, 0.5) is 0 Å². The van der Waals surface area contributed by atoms with Crippen LogP contribution >= 0.6 is 39.1 Å². The van der Waals surface area contributed by atoms with E-state index in [1.807, 2.05) is 0 Å². The van der Waals surface area contributed by atoms with Crippen molar-refractivity contribution in [2.75, 3.05) is 0 Å². The number of hydrogen-bond donors (Lipinski definition) is 6. The molecule has 0 aliphatic carbocycles. The third-order valence-electron chi connectivity index (χ3n) is 0.829. The van der Waals surface area contributed by atoms with E-state index in [0.717, 1.165) is 0 Å². The molecule has 0 radical (unpaired) electrons. The molecule has 0 saturated carbocycles. The fraction of sp³-hybridized carbons (Fsp3) is 0. The molecule has 128 valence electrons. The molecule has 6 N–H and O–H groups in total. The molecular formula is H6KO16P5. The second-order valence-corrected chi connectivity index (χ2v) is 10.0. The van der Waals surface area contributed by atoms with Crippen molar-refractivity contribution < 1.29 is 126 Å². The van der Waals surface area contributed by atoms with Crippen molar-refractivity contribution in [1.29, 1.82) is 0 Å². The van der Waals surface area contributed by atoms with Gasteiger partial charge in [-0.05, 0) is 0 Å². The molecule has 0 spiro atoms. The first-order chi connectivity index (χ1) is 8.83. The van der Waals surface area contributed by atoms with E-state index in [-0.39, 0.29) is 51.4 Å². The zero-order valence-corrected chi connectivity index (χ0v) is 17.6. The van der Waals surface area contributed by atoms with Crippen LogP contribution in [0.5, 0.6) is 0 Å². The molecule has 0 aromatic carbocycles. The van der Waals surface area contributed by atoms with Gasteiger partial charge in [0.1, 0.15) is 0 Å². The Balaban J connectivity index is 0. The Morgan fingerprint density at radius 1 is 0.591 bits per heavy atom. The Morgan fingerprint density at radius 3 is 1.14 bits per heavy atom. The minimum absolute atomic E-state index is 0. The van der Waals surface area contributed by atoms with Gasteiger partial charge in [0.2, 0.25) is 0 Å². The monoisotopic (exact) mass is 456 g/mol. The van der Waals surface area contributed by atoms with Crippen LogP contribution in [0.2, 0.25) is 0 Å². The Morgan fingerprint density at radius 2 is 0.864 bits per heavy atom. The molecule has 0 heterocycles. The third-order valence-corrected chi connectivity index (χ3v) is 7.46. The Hall–Kier alpha value is 2.35. The average molecular weight is 456 g/mol. The molecule has 0 rings (SSSR count). The molecule has 0 aliphatic heterocycles. The molecule has 0 fully saturated rings. The largest absolute Gasteiger partial charge is 1.00 e. The molecule has 0 aromatic rings. The van der Waals surface area contributed by atoms with Gasteiger partial charge in [-0.25, -0.2) is 22.6 Å². The van der Waals surface area contributed by atoms with Crippen LogP contribution in [0.25, 0.3) is 0 Å². The molecule has 22 heteroatoms. The van der Waals surface area contributed by atoms with Gasteiger partial charge in [-0.2, -0.15) is 12.9 Å². The van der Waals surface area contributed by atoms with Crippen molar-refractivity contribution in [1.82, 2.24) is 0 Å². The van der Waals surface area contributed by atoms with E-state index >= 15 is 0 Å². The standard InChI is InChI=1S/K.H7O16P5/c;1-17(2,3)13-19(7,8)15-21(11,12)16-20(9,10)14-18(4,5)6/h;(H,7,8)(H,9,10)(H,11,12)(H2,1,2,3)(H2,4,5,6)/q+1;/p-1. The quantitative estimate of drug-likeness (QED) is 0.150. The molecular weight excluding hydrogens is 450 g/mol. The van der Waals surface area contributed by atoms with Crippen molar-refractivity contribution in [3.05, 3.63) is 0 Å². The van der Waals surface area contributed by atoms with Crippen molar-refractivity contribution in [3.8, 4) is 0 Å². The molecule has 0 aromatic heterocycles. The summed E-state index contributed by atoms with van der Waals surface area (Å²) in [5.74, 6) is 0. The van der Waals surface area contributed by atoms with Crippen molar-refractivity contribution in [2.45, 2.75) is 0 Å². The second kappa shape index (κ2) is 8.82. The minimum atomic E-state index is -6.10. The first-order valence-electron chi connectivity index (χ1n) is 3.76. The predicted octanol–water partition coefficient (Wildman–Crippen LogP) is -4.09. The fourth-order valence-corrected chi connectivity index (χ4v) is 5.94. The summed E-state index contributed by atoms with van der Waals surface area (Å²) in [5, 5.41) is 0. The molecule has 0 aliphatic rings. The van der Waals surface area contributed by atoms with Gasteiger partial charge in [0, 0.05) is 0 Å². The number of phosphoric acid groups is 5. The number of rotatable bonds is 8. The van der Waals surface area contributed by atoms with E-state index in [1.54, 1.807) is 0 Å². The second-order valence-electron chi connectivity index (χ2n) is 2.69. The van der Waals surface area contributed by atoms with Crippen LogP contribution in [0.1, 0.15) is 0 Å².